The average Bonchev–Trinajstić information content (AvgIpc) is 2.73. The van der Waals surface area contributed by atoms with Gasteiger partial charge in [0.1, 0.15) is 0 Å². The SMILES string of the molecule is CC(C)(C)[Si](C)(C)OCCOCCOCCOCCOCCOCCOCCOCCI. The van der Waals surface area contributed by atoms with E-state index in [2.05, 4.69) is 56.5 Å². The first-order valence-corrected chi connectivity index (χ1v) is 16.0. The van der Waals surface area contributed by atoms with E-state index in [-0.39, 0.29) is 5.04 Å². The van der Waals surface area contributed by atoms with Gasteiger partial charge < -0.3 is 37.6 Å². The molecule has 0 saturated heterocycles. The molecule has 0 atom stereocenters. The summed E-state index contributed by atoms with van der Waals surface area (Å²) in [5.74, 6) is 0. The molecule has 0 aliphatic carbocycles. The lowest BCUT2D eigenvalue weighted by Gasteiger charge is -2.36. The zero-order valence-corrected chi connectivity index (χ0v) is 24.1. The number of halogens is 1. The minimum absolute atomic E-state index is 0.230. The molecule has 0 radical (unpaired) electrons. The lowest BCUT2D eigenvalue weighted by Crippen LogP contribution is -2.41. The number of ether oxygens (including phenoxy) is 7. The van der Waals surface area contributed by atoms with Crippen LogP contribution in [0.1, 0.15) is 20.8 Å². The fourth-order valence-corrected chi connectivity index (χ4v) is 3.39. The second-order valence-electron chi connectivity index (χ2n) is 8.58. The van der Waals surface area contributed by atoms with Crippen molar-refractivity contribution in [3.63, 3.8) is 0 Å². The molecule has 8 nitrogen and oxygen atoms in total. The van der Waals surface area contributed by atoms with Crippen molar-refractivity contribution < 1.29 is 37.6 Å². The van der Waals surface area contributed by atoms with E-state index in [1.165, 1.54) is 0 Å². The van der Waals surface area contributed by atoms with Crippen LogP contribution >= 0.6 is 22.6 Å². The summed E-state index contributed by atoms with van der Waals surface area (Å²) in [7, 11) is -1.68. The monoisotopic (exact) mass is 594 g/mol. The number of alkyl halides is 1. The molecule has 0 saturated carbocycles. The van der Waals surface area contributed by atoms with Crippen LogP contribution in [0, 0.1) is 0 Å². The molecule has 0 spiro atoms. The Hall–Kier alpha value is 0.627. The first-order chi connectivity index (χ1) is 15.3. The van der Waals surface area contributed by atoms with Crippen molar-refractivity contribution >= 4 is 30.9 Å². The number of hydrogen-bond donors (Lipinski definition) is 0. The summed E-state index contributed by atoms with van der Waals surface area (Å²) >= 11 is 2.28. The zero-order chi connectivity index (χ0) is 24.0. The Labute approximate surface area is 210 Å². The van der Waals surface area contributed by atoms with Crippen molar-refractivity contribution in [2.45, 2.75) is 38.9 Å². The molecule has 0 heterocycles. The van der Waals surface area contributed by atoms with E-state index in [0.717, 1.165) is 11.0 Å². The molecule has 194 valence electrons. The molecule has 0 unspecified atom stereocenters. The topological polar surface area (TPSA) is 73.8 Å². The van der Waals surface area contributed by atoms with E-state index in [1.807, 2.05) is 0 Å². The second kappa shape index (κ2) is 22.1. The van der Waals surface area contributed by atoms with Crippen LogP contribution in [0.25, 0.3) is 0 Å². The van der Waals surface area contributed by atoms with Crippen molar-refractivity contribution in [2.75, 3.05) is 104 Å². The Bertz CT molecular complexity index is 397. The van der Waals surface area contributed by atoms with Crippen LogP contribution in [0.15, 0.2) is 0 Å². The molecule has 0 N–H and O–H groups in total. The van der Waals surface area contributed by atoms with Crippen molar-refractivity contribution in [3.05, 3.63) is 0 Å². The fourth-order valence-electron chi connectivity index (χ4n) is 2.05. The second-order valence-corrected chi connectivity index (χ2v) is 14.5. The van der Waals surface area contributed by atoms with Gasteiger partial charge in [-0.25, -0.2) is 0 Å². The van der Waals surface area contributed by atoms with Gasteiger partial charge in [-0.3, -0.25) is 0 Å². The molecule has 0 aliphatic heterocycles. The highest BCUT2D eigenvalue weighted by Crippen LogP contribution is 2.36. The molecule has 10 heteroatoms. The van der Waals surface area contributed by atoms with Crippen molar-refractivity contribution in [3.8, 4) is 0 Å². The summed E-state index contributed by atoms with van der Waals surface area (Å²) in [6, 6.07) is 0. The third-order valence-electron chi connectivity index (χ3n) is 4.95. The van der Waals surface area contributed by atoms with Gasteiger partial charge in [-0.2, -0.15) is 0 Å². The first kappa shape index (κ1) is 32.6. The summed E-state index contributed by atoms with van der Waals surface area (Å²) in [6.45, 7) is 20.1. The van der Waals surface area contributed by atoms with Crippen molar-refractivity contribution in [1.82, 2.24) is 0 Å². The summed E-state index contributed by atoms with van der Waals surface area (Å²) in [4.78, 5) is 0. The van der Waals surface area contributed by atoms with E-state index < -0.39 is 8.32 Å². The lowest BCUT2D eigenvalue weighted by molar-refractivity contribution is -0.0209. The first-order valence-electron chi connectivity index (χ1n) is 11.6. The Balaban J connectivity index is 3.15. The average molecular weight is 595 g/mol. The molecule has 0 bridgehead atoms. The van der Waals surface area contributed by atoms with Gasteiger partial charge in [-0.1, -0.05) is 43.4 Å². The van der Waals surface area contributed by atoms with Gasteiger partial charge in [0, 0.05) is 4.43 Å². The Morgan fingerprint density at radius 2 is 0.719 bits per heavy atom. The van der Waals surface area contributed by atoms with Crippen LogP contribution in [0.4, 0.5) is 0 Å². The van der Waals surface area contributed by atoms with Crippen LogP contribution in [-0.4, -0.2) is 112 Å². The quantitative estimate of drug-likeness (QED) is 0.0728. The van der Waals surface area contributed by atoms with Crippen LogP contribution in [0.3, 0.4) is 0 Å². The molecule has 0 rings (SSSR count). The fraction of sp³-hybridized carbons (Fsp3) is 1.00. The number of rotatable bonds is 24. The predicted octanol–water partition coefficient (Wildman–Crippen LogP) is 3.56. The molecule has 0 amide bonds. The standard InChI is InChI=1S/C22H47IO8Si/c1-22(2,3)32(4,5)31-21-20-30-19-18-29-17-16-28-15-14-27-13-12-26-11-10-25-9-8-24-7-6-23/h6-21H2,1-5H3. The largest absolute Gasteiger partial charge is 0.414 e. The third kappa shape index (κ3) is 21.2. The minimum Gasteiger partial charge on any atom is -0.414 e. The summed E-state index contributed by atoms with van der Waals surface area (Å²) in [5, 5.41) is 0.230. The van der Waals surface area contributed by atoms with E-state index in [1.54, 1.807) is 0 Å². The van der Waals surface area contributed by atoms with E-state index in [4.69, 9.17) is 37.6 Å². The molecule has 0 aromatic heterocycles. The minimum atomic E-state index is -1.68. The van der Waals surface area contributed by atoms with Gasteiger partial charge in [-0.05, 0) is 18.1 Å². The van der Waals surface area contributed by atoms with Gasteiger partial charge in [0.15, 0.2) is 8.32 Å². The highest BCUT2D eigenvalue weighted by molar-refractivity contribution is 14.1. The van der Waals surface area contributed by atoms with Crippen molar-refractivity contribution in [2.24, 2.45) is 0 Å². The van der Waals surface area contributed by atoms with Gasteiger partial charge >= 0.3 is 0 Å². The molecular weight excluding hydrogens is 547 g/mol. The Morgan fingerprint density at radius 1 is 0.469 bits per heavy atom. The van der Waals surface area contributed by atoms with Gasteiger partial charge in [-0.15, -0.1) is 0 Å². The molecule has 0 aliphatic rings. The van der Waals surface area contributed by atoms with Crippen LogP contribution in [-0.2, 0) is 37.6 Å². The Kier molecular flexibility index (Phi) is 22.5. The molecule has 0 aromatic carbocycles. The zero-order valence-electron chi connectivity index (χ0n) is 21.0. The molecule has 32 heavy (non-hydrogen) atoms. The van der Waals surface area contributed by atoms with Crippen molar-refractivity contribution in [1.29, 1.82) is 0 Å². The lowest BCUT2D eigenvalue weighted by atomic mass is 10.2. The van der Waals surface area contributed by atoms with E-state index in [9.17, 15) is 0 Å². The highest BCUT2D eigenvalue weighted by Gasteiger charge is 2.36. The van der Waals surface area contributed by atoms with Gasteiger partial charge in [0.25, 0.3) is 0 Å². The maximum Gasteiger partial charge on any atom is 0.192 e. The molecule has 0 fully saturated rings. The van der Waals surface area contributed by atoms with Crippen LogP contribution in [0.2, 0.25) is 18.1 Å². The van der Waals surface area contributed by atoms with Gasteiger partial charge in [0.2, 0.25) is 0 Å². The third-order valence-corrected chi connectivity index (χ3v) is 9.93. The maximum atomic E-state index is 6.06. The summed E-state index contributed by atoms with van der Waals surface area (Å²) in [5.41, 5.74) is 0. The normalized spacial score (nSPS) is 12.6. The van der Waals surface area contributed by atoms with E-state index in [0.29, 0.717) is 92.5 Å². The van der Waals surface area contributed by atoms with Crippen LogP contribution < -0.4 is 0 Å². The number of hydrogen-bond acceptors (Lipinski definition) is 8. The summed E-state index contributed by atoms with van der Waals surface area (Å²) in [6.07, 6.45) is 0. The predicted molar refractivity (Wildman–Crippen MR) is 138 cm³/mol. The highest BCUT2D eigenvalue weighted by atomic mass is 127. The summed E-state index contributed by atoms with van der Waals surface area (Å²) < 4.78 is 45.2. The molecule has 0 aromatic rings. The molecular formula is C22H47IO8Si. The smallest absolute Gasteiger partial charge is 0.192 e. The Morgan fingerprint density at radius 3 is 0.969 bits per heavy atom. The van der Waals surface area contributed by atoms with Crippen LogP contribution in [0.5, 0.6) is 0 Å². The van der Waals surface area contributed by atoms with E-state index >= 15 is 0 Å². The van der Waals surface area contributed by atoms with Gasteiger partial charge in [0.05, 0.1) is 99.1 Å². The maximum absolute atomic E-state index is 6.06.